The number of benzene rings is 1. The minimum absolute atomic E-state index is 0.215. The summed E-state index contributed by atoms with van der Waals surface area (Å²) < 4.78 is 1.69. The Balaban J connectivity index is 1.84. The van der Waals surface area contributed by atoms with Gasteiger partial charge in [0.15, 0.2) is 0 Å². The monoisotopic (exact) mass is 280 g/mol. The fraction of sp³-hybridized carbons (Fsp3) is 0. The summed E-state index contributed by atoms with van der Waals surface area (Å²) in [5.41, 5.74) is 1.36. The zero-order chi connectivity index (χ0) is 14.7. The van der Waals surface area contributed by atoms with Gasteiger partial charge < -0.3 is 10.3 Å². The number of carbonyl (C=O) groups excluding carboxylic acids is 1. The second-order valence-corrected chi connectivity index (χ2v) is 4.38. The lowest BCUT2D eigenvalue weighted by molar-refractivity contribution is 0.102. The standard InChI is InChI=1S/C15H12N4O2/c20-14-7-2-6-13(18-14)15(21)17-11-4-1-5-12(10-11)19-9-3-8-16-19/h1-10H,(H,17,21)(H,18,20). The summed E-state index contributed by atoms with van der Waals surface area (Å²) in [5, 5.41) is 6.87. The molecular formula is C15H12N4O2. The molecule has 0 radical (unpaired) electrons. The number of nitrogens with zero attached hydrogens (tertiary/aromatic N) is 2. The highest BCUT2D eigenvalue weighted by Gasteiger charge is 2.07. The van der Waals surface area contributed by atoms with Crippen LogP contribution in [0.25, 0.3) is 5.69 Å². The smallest absolute Gasteiger partial charge is 0.272 e. The number of rotatable bonds is 3. The Labute approximate surface area is 120 Å². The highest BCUT2D eigenvalue weighted by molar-refractivity contribution is 6.02. The van der Waals surface area contributed by atoms with Crippen LogP contribution in [-0.2, 0) is 0 Å². The van der Waals surface area contributed by atoms with Crippen molar-refractivity contribution in [2.75, 3.05) is 5.32 Å². The SMILES string of the molecule is O=C(Nc1cccc(-n2cccn2)c1)c1cccc(=O)[nH]1. The van der Waals surface area contributed by atoms with E-state index in [1.807, 2.05) is 24.4 Å². The molecule has 0 saturated carbocycles. The van der Waals surface area contributed by atoms with Gasteiger partial charge in [0.25, 0.3) is 5.91 Å². The first kappa shape index (κ1) is 12.9. The molecule has 2 N–H and O–H groups in total. The van der Waals surface area contributed by atoms with Gasteiger partial charge >= 0.3 is 0 Å². The van der Waals surface area contributed by atoms with Crippen molar-refractivity contribution in [3.8, 4) is 5.69 Å². The van der Waals surface area contributed by atoms with Crippen LogP contribution in [-0.4, -0.2) is 20.7 Å². The van der Waals surface area contributed by atoms with Crippen LogP contribution in [0, 0.1) is 0 Å². The van der Waals surface area contributed by atoms with E-state index in [0.717, 1.165) is 5.69 Å². The molecule has 0 aliphatic heterocycles. The van der Waals surface area contributed by atoms with Crippen molar-refractivity contribution in [3.05, 3.63) is 77.0 Å². The Morgan fingerprint density at radius 2 is 2.00 bits per heavy atom. The number of aromatic amines is 1. The van der Waals surface area contributed by atoms with E-state index in [4.69, 9.17) is 0 Å². The maximum atomic E-state index is 12.1. The molecule has 0 unspecified atom stereocenters. The molecule has 0 fully saturated rings. The third-order valence-corrected chi connectivity index (χ3v) is 2.89. The van der Waals surface area contributed by atoms with E-state index >= 15 is 0 Å². The molecule has 2 aromatic heterocycles. The predicted octanol–water partition coefficient (Wildman–Crippen LogP) is 1.81. The van der Waals surface area contributed by atoms with Gasteiger partial charge in [0.1, 0.15) is 5.69 Å². The molecule has 6 nitrogen and oxygen atoms in total. The largest absolute Gasteiger partial charge is 0.321 e. The summed E-state index contributed by atoms with van der Waals surface area (Å²) >= 11 is 0. The van der Waals surface area contributed by atoms with E-state index in [1.54, 1.807) is 29.1 Å². The lowest BCUT2D eigenvalue weighted by Crippen LogP contribution is -2.17. The van der Waals surface area contributed by atoms with Crippen LogP contribution in [0.2, 0.25) is 0 Å². The van der Waals surface area contributed by atoms with E-state index in [-0.39, 0.29) is 17.2 Å². The summed E-state index contributed by atoms with van der Waals surface area (Å²) in [5.74, 6) is -0.370. The molecule has 0 saturated heterocycles. The highest BCUT2D eigenvalue weighted by Crippen LogP contribution is 2.14. The molecule has 0 aliphatic rings. The van der Waals surface area contributed by atoms with E-state index in [0.29, 0.717) is 5.69 Å². The van der Waals surface area contributed by atoms with Crippen molar-refractivity contribution < 1.29 is 4.79 Å². The molecule has 104 valence electrons. The molecule has 0 atom stereocenters. The van der Waals surface area contributed by atoms with Gasteiger partial charge in [-0.15, -0.1) is 0 Å². The number of amides is 1. The number of nitrogens with one attached hydrogen (secondary N) is 2. The van der Waals surface area contributed by atoms with Crippen LogP contribution in [0.1, 0.15) is 10.5 Å². The zero-order valence-corrected chi connectivity index (χ0v) is 11.0. The maximum absolute atomic E-state index is 12.1. The van der Waals surface area contributed by atoms with Gasteiger partial charge in [-0.3, -0.25) is 9.59 Å². The van der Waals surface area contributed by atoms with Crippen molar-refractivity contribution in [3.63, 3.8) is 0 Å². The second kappa shape index (κ2) is 5.46. The van der Waals surface area contributed by atoms with E-state index < -0.39 is 0 Å². The molecule has 3 aromatic rings. The van der Waals surface area contributed by atoms with Crippen molar-refractivity contribution in [1.82, 2.24) is 14.8 Å². The summed E-state index contributed by atoms with van der Waals surface area (Å²) in [7, 11) is 0. The molecule has 1 aromatic carbocycles. The van der Waals surface area contributed by atoms with Gasteiger partial charge in [-0.2, -0.15) is 5.10 Å². The number of carbonyl (C=O) groups is 1. The van der Waals surface area contributed by atoms with Crippen molar-refractivity contribution >= 4 is 11.6 Å². The van der Waals surface area contributed by atoms with Crippen LogP contribution in [0.15, 0.2) is 65.7 Å². The number of hydrogen-bond acceptors (Lipinski definition) is 3. The van der Waals surface area contributed by atoms with Crippen molar-refractivity contribution in [1.29, 1.82) is 0 Å². The van der Waals surface area contributed by atoms with Gasteiger partial charge in [-0.1, -0.05) is 12.1 Å². The summed E-state index contributed by atoms with van der Waals surface area (Å²) in [4.78, 5) is 25.8. The quantitative estimate of drug-likeness (QED) is 0.768. The fourth-order valence-corrected chi connectivity index (χ4v) is 1.93. The van der Waals surface area contributed by atoms with Gasteiger partial charge in [0.2, 0.25) is 5.56 Å². The molecule has 21 heavy (non-hydrogen) atoms. The van der Waals surface area contributed by atoms with Gasteiger partial charge in [-0.25, -0.2) is 4.68 Å². The third kappa shape index (κ3) is 2.89. The molecule has 2 heterocycles. The number of aromatic nitrogens is 3. The number of hydrogen-bond donors (Lipinski definition) is 2. The summed E-state index contributed by atoms with van der Waals surface area (Å²) in [6.07, 6.45) is 3.50. The van der Waals surface area contributed by atoms with Crippen LogP contribution < -0.4 is 10.9 Å². The first-order valence-corrected chi connectivity index (χ1v) is 6.33. The fourth-order valence-electron chi connectivity index (χ4n) is 1.93. The minimum atomic E-state index is -0.370. The first-order valence-electron chi connectivity index (χ1n) is 6.33. The molecule has 1 amide bonds. The number of anilines is 1. The normalized spacial score (nSPS) is 10.3. The molecule has 0 bridgehead atoms. The summed E-state index contributed by atoms with van der Waals surface area (Å²) in [6, 6.07) is 13.5. The first-order chi connectivity index (χ1) is 10.2. The third-order valence-electron chi connectivity index (χ3n) is 2.89. The Hall–Kier alpha value is -3.15. The average molecular weight is 280 g/mol. The van der Waals surface area contributed by atoms with E-state index in [2.05, 4.69) is 15.4 Å². The Morgan fingerprint density at radius 1 is 1.14 bits per heavy atom. The Kier molecular flexibility index (Phi) is 3.34. The lowest BCUT2D eigenvalue weighted by Gasteiger charge is -2.07. The molecule has 0 spiro atoms. The van der Waals surface area contributed by atoms with Gasteiger partial charge in [0.05, 0.1) is 5.69 Å². The number of pyridine rings is 1. The molecule has 3 rings (SSSR count). The highest BCUT2D eigenvalue weighted by atomic mass is 16.2. The van der Waals surface area contributed by atoms with Crippen LogP contribution in [0.3, 0.4) is 0 Å². The minimum Gasteiger partial charge on any atom is -0.321 e. The average Bonchev–Trinajstić information content (AvgIpc) is 3.02. The molecular weight excluding hydrogens is 268 g/mol. The topological polar surface area (TPSA) is 79.8 Å². The van der Waals surface area contributed by atoms with E-state index in [1.165, 1.54) is 12.1 Å². The molecule has 0 aliphatic carbocycles. The van der Waals surface area contributed by atoms with Crippen molar-refractivity contribution in [2.24, 2.45) is 0 Å². The lowest BCUT2D eigenvalue weighted by atomic mass is 10.2. The van der Waals surface area contributed by atoms with Crippen LogP contribution >= 0.6 is 0 Å². The summed E-state index contributed by atoms with van der Waals surface area (Å²) in [6.45, 7) is 0. The van der Waals surface area contributed by atoms with Gasteiger partial charge in [0, 0.05) is 24.1 Å². The zero-order valence-electron chi connectivity index (χ0n) is 11.0. The van der Waals surface area contributed by atoms with Crippen LogP contribution in [0.4, 0.5) is 5.69 Å². The second-order valence-electron chi connectivity index (χ2n) is 4.38. The number of H-pyrrole nitrogens is 1. The van der Waals surface area contributed by atoms with Crippen molar-refractivity contribution in [2.45, 2.75) is 0 Å². The maximum Gasteiger partial charge on any atom is 0.272 e. The molecule has 6 heteroatoms. The Bertz CT molecular complexity index is 821. The predicted molar refractivity (Wildman–Crippen MR) is 78.6 cm³/mol. The van der Waals surface area contributed by atoms with E-state index in [9.17, 15) is 9.59 Å². The Morgan fingerprint density at radius 3 is 2.76 bits per heavy atom. The van der Waals surface area contributed by atoms with Gasteiger partial charge in [-0.05, 0) is 30.3 Å². The van der Waals surface area contributed by atoms with Crippen LogP contribution in [0.5, 0.6) is 0 Å².